The second-order valence-electron chi connectivity index (χ2n) is 8.89. The van der Waals surface area contributed by atoms with Crippen LogP contribution in [0.25, 0.3) is 0 Å². The third-order valence-electron chi connectivity index (χ3n) is 6.67. The van der Waals surface area contributed by atoms with Gasteiger partial charge >= 0.3 is 111 Å². The van der Waals surface area contributed by atoms with Crippen molar-refractivity contribution in [2.24, 2.45) is 0 Å². The van der Waals surface area contributed by atoms with Crippen molar-refractivity contribution in [1.82, 2.24) is 0 Å². The van der Waals surface area contributed by atoms with Crippen LogP contribution in [0.15, 0.2) is 72.8 Å². The minimum absolute atomic E-state index is 1.15. The molecule has 3 heteroatoms. The summed E-state index contributed by atoms with van der Waals surface area (Å²) in [4.78, 5) is 0. The van der Waals surface area contributed by atoms with E-state index >= 15 is 0 Å². The Morgan fingerprint density at radius 1 is 0.500 bits per heavy atom. The van der Waals surface area contributed by atoms with E-state index in [0.29, 0.717) is 0 Å². The molecule has 0 fully saturated rings. The molecule has 34 heavy (non-hydrogen) atoms. The minimum atomic E-state index is -2.44. The number of rotatable bonds is 2. The first-order chi connectivity index (χ1) is 16.0. The zero-order valence-corrected chi connectivity index (χ0v) is 25.7. The molecule has 0 aliphatic heterocycles. The van der Waals surface area contributed by atoms with E-state index in [9.17, 15) is 0 Å². The van der Waals surface area contributed by atoms with Gasteiger partial charge in [-0.1, -0.05) is 55.4 Å². The Morgan fingerprint density at radius 2 is 0.765 bits per heavy atom. The van der Waals surface area contributed by atoms with Crippen molar-refractivity contribution >= 4 is 20.2 Å². The third kappa shape index (κ3) is 7.74. The Labute approximate surface area is 221 Å². The number of hydrogen-bond donors (Lipinski definition) is 0. The first-order valence-corrected chi connectivity index (χ1v) is 19.2. The van der Waals surface area contributed by atoms with Crippen LogP contribution in [0.4, 0.5) is 0 Å². The molecule has 4 rings (SSSR count). The van der Waals surface area contributed by atoms with Crippen LogP contribution in [0, 0.1) is 55.4 Å². The van der Waals surface area contributed by atoms with Gasteiger partial charge in [0.25, 0.3) is 0 Å². The van der Waals surface area contributed by atoms with Crippen molar-refractivity contribution in [3.63, 3.8) is 0 Å². The summed E-state index contributed by atoms with van der Waals surface area (Å²) < 4.78 is 1.15. The second kappa shape index (κ2) is 13.5. The molecule has 0 radical (unpaired) electrons. The van der Waals surface area contributed by atoms with E-state index in [4.69, 9.17) is 17.0 Å². The summed E-state index contributed by atoms with van der Waals surface area (Å²) in [7, 11) is 12.5. The number of hydrogen-bond acceptors (Lipinski definition) is 0. The van der Waals surface area contributed by atoms with E-state index in [2.05, 4.69) is 91.8 Å². The normalized spacial score (nSPS) is 10.1. The molecule has 0 unspecified atom stereocenters. The molecule has 0 nitrogen and oxygen atoms in total. The van der Waals surface area contributed by atoms with Gasteiger partial charge in [-0.15, -0.1) is 0 Å². The number of halogens is 2. The Hall–Kier alpha value is -1.53. The van der Waals surface area contributed by atoms with Crippen LogP contribution in [-0.2, 0) is 18.9 Å². The zero-order valence-electron chi connectivity index (χ0n) is 21.7. The van der Waals surface area contributed by atoms with Gasteiger partial charge in [-0.25, -0.2) is 0 Å². The maximum absolute atomic E-state index is 6.24. The molecular weight excluding hydrogens is 534 g/mol. The summed E-state index contributed by atoms with van der Waals surface area (Å²) in [6, 6.07) is 24.8. The molecule has 4 aromatic carbocycles. The molecule has 0 aliphatic rings. The molecule has 0 aliphatic carbocycles. The van der Waals surface area contributed by atoms with Gasteiger partial charge in [-0.2, -0.15) is 56.6 Å². The van der Waals surface area contributed by atoms with E-state index in [1.165, 1.54) is 44.5 Å². The molecule has 0 saturated carbocycles. The van der Waals surface area contributed by atoms with Gasteiger partial charge in [0.05, 0.1) is 0 Å². The Kier molecular flexibility index (Phi) is 11.4. The average Bonchev–Trinajstić information content (AvgIpc) is 3.18. The topological polar surface area (TPSA) is 0 Å². The molecule has 0 aromatic heterocycles. The molecule has 0 saturated heterocycles. The first-order valence-electron chi connectivity index (χ1n) is 11.6. The van der Waals surface area contributed by atoms with Crippen molar-refractivity contribution in [1.29, 1.82) is 0 Å². The average molecular weight is 571 g/mol. The van der Waals surface area contributed by atoms with Crippen LogP contribution in [0.3, 0.4) is 0 Å². The van der Waals surface area contributed by atoms with Crippen molar-refractivity contribution in [2.45, 2.75) is 55.4 Å². The van der Waals surface area contributed by atoms with Crippen LogP contribution in [0.2, 0.25) is 0 Å². The maximum atomic E-state index is 6.24. The summed E-state index contributed by atoms with van der Waals surface area (Å²) in [5.74, 6) is 0. The third-order valence-corrected chi connectivity index (χ3v) is 11.3. The Balaban J connectivity index is 0.000000194. The Bertz CT molecular complexity index is 1080. The van der Waals surface area contributed by atoms with Gasteiger partial charge in [0.2, 0.25) is 0 Å². The van der Waals surface area contributed by atoms with E-state index in [-0.39, 0.29) is 0 Å². The molecule has 180 valence electrons. The van der Waals surface area contributed by atoms with Crippen LogP contribution in [0.1, 0.15) is 55.6 Å². The van der Waals surface area contributed by atoms with Crippen molar-refractivity contribution in [2.75, 3.05) is 0 Å². The van der Waals surface area contributed by atoms with Gasteiger partial charge < -0.3 is 0 Å². The molecular formula is C31H36Cl2Zr-2. The van der Waals surface area contributed by atoms with Crippen LogP contribution < -0.4 is 0 Å². The van der Waals surface area contributed by atoms with Gasteiger partial charge in [0, 0.05) is 0 Å². The van der Waals surface area contributed by atoms with E-state index in [0.717, 1.165) is 14.3 Å². The van der Waals surface area contributed by atoms with Crippen LogP contribution >= 0.6 is 17.0 Å². The standard InChI is InChI=1S/C13H10.2C9H13.2ClH.Zr/c1-3-7-12(8-4-1)11-13-9-5-2-6-10-13;2*1-6-5-7(2)9(4)8(6)3;;;/h1-10H;2*5H,1-4H3;2*1H;/q;2*-1;;;+2/p-2. The van der Waals surface area contributed by atoms with Gasteiger partial charge in [0.1, 0.15) is 0 Å². The van der Waals surface area contributed by atoms with Crippen molar-refractivity contribution in [3.8, 4) is 0 Å². The summed E-state index contributed by atoms with van der Waals surface area (Å²) in [5, 5.41) is 0. The SMILES string of the molecule is Cc1[cH-]c(C)c(C)c1C.Cc1[cH-]c(C)c(C)c1C.[Cl][Zr]([Cl])=[C](c1ccccc1)c1ccccc1. The molecule has 0 spiro atoms. The summed E-state index contributed by atoms with van der Waals surface area (Å²) in [6.07, 6.45) is 0. The zero-order chi connectivity index (χ0) is 25.4. The fourth-order valence-corrected chi connectivity index (χ4v) is 8.33. The Morgan fingerprint density at radius 3 is 0.941 bits per heavy atom. The monoisotopic (exact) mass is 568 g/mol. The van der Waals surface area contributed by atoms with E-state index in [1.54, 1.807) is 0 Å². The second-order valence-corrected chi connectivity index (χ2v) is 17.0. The summed E-state index contributed by atoms with van der Waals surface area (Å²) >= 11 is -2.44. The van der Waals surface area contributed by atoms with Gasteiger partial charge in [-0.05, 0) is 0 Å². The molecule has 0 amide bonds. The van der Waals surface area contributed by atoms with Gasteiger partial charge in [0.15, 0.2) is 0 Å². The van der Waals surface area contributed by atoms with Crippen LogP contribution in [-0.4, -0.2) is 3.21 Å². The fourth-order valence-electron chi connectivity index (χ4n) is 3.86. The summed E-state index contributed by atoms with van der Waals surface area (Å²) in [6.45, 7) is 17.4. The first kappa shape index (κ1) is 28.7. The molecule has 0 N–H and O–H groups in total. The van der Waals surface area contributed by atoms with E-state index in [1.807, 2.05) is 36.4 Å². The van der Waals surface area contributed by atoms with Gasteiger partial charge in [-0.3, -0.25) is 0 Å². The number of benzene rings is 2. The van der Waals surface area contributed by atoms with Crippen LogP contribution in [0.5, 0.6) is 0 Å². The fraction of sp³-hybridized carbons (Fsp3) is 0.258. The summed E-state index contributed by atoms with van der Waals surface area (Å²) in [5.41, 5.74) is 13.8. The van der Waals surface area contributed by atoms with Crippen molar-refractivity contribution in [3.05, 3.63) is 128 Å². The molecule has 0 bridgehead atoms. The predicted molar refractivity (Wildman–Crippen MR) is 150 cm³/mol. The van der Waals surface area contributed by atoms with Crippen molar-refractivity contribution < 1.29 is 18.9 Å². The number of aryl methyl sites for hydroxylation is 4. The molecule has 0 heterocycles. The quantitative estimate of drug-likeness (QED) is 0.211. The predicted octanol–water partition coefficient (Wildman–Crippen LogP) is 9.46. The van der Waals surface area contributed by atoms with E-state index < -0.39 is 18.9 Å². The molecule has 4 aromatic rings. The molecule has 0 atom stereocenters.